The van der Waals surface area contributed by atoms with Gasteiger partial charge in [-0.15, -0.1) is 0 Å². The zero-order valence-corrected chi connectivity index (χ0v) is 14.0. The summed E-state index contributed by atoms with van der Waals surface area (Å²) in [6.07, 6.45) is 0. The summed E-state index contributed by atoms with van der Waals surface area (Å²) in [5.74, 6) is 0.0302. The van der Waals surface area contributed by atoms with Crippen molar-refractivity contribution < 1.29 is 18.7 Å². The number of benzene rings is 3. The molecule has 0 bridgehead atoms. The van der Waals surface area contributed by atoms with E-state index >= 15 is 0 Å². The van der Waals surface area contributed by atoms with Gasteiger partial charge in [-0.2, -0.15) is 0 Å². The minimum Gasteiger partial charge on any atom is -0.454 e. The van der Waals surface area contributed by atoms with Gasteiger partial charge in [-0.3, -0.25) is 0 Å². The van der Waals surface area contributed by atoms with Gasteiger partial charge in [-0.1, -0.05) is 34.1 Å². The number of hydrogen-bond donors (Lipinski definition) is 0. The zero-order chi connectivity index (χ0) is 16.9. The smallest absolute Gasteiger partial charge is 0.343 e. The number of hydrogen-bond acceptors (Lipinski definition) is 3. The highest BCUT2D eigenvalue weighted by Gasteiger charge is 2.09. The fourth-order valence-electron chi connectivity index (χ4n) is 2.00. The Bertz CT molecular complexity index is 848. The van der Waals surface area contributed by atoms with Crippen molar-refractivity contribution in [1.82, 2.24) is 0 Å². The van der Waals surface area contributed by atoms with Crippen LogP contribution in [0.3, 0.4) is 0 Å². The molecule has 5 heteroatoms. The van der Waals surface area contributed by atoms with Crippen LogP contribution in [0, 0.1) is 5.82 Å². The third kappa shape index (κ3) is 4.00. The molecule has 0 fully saturated rings. The Morgan fingerprint density at radius 1 is 0.875 bits per heavy atom. The first-order valence-corrected chi connectivity index (χ1v) is 7.91. The van der Waals surface area contributed by atoms with Gasteiger partial charge >= 0.3 is 5.97 Å². The predicted octanol–water partition coefficient (Wildman–Crippen LogP) is 5.60. The van der Waals surface area contributed by atoms with Crippen molar-refractivity contribution in [3.8, 4) is 17.2 Å². The van der Waals surface area contributed by atoms with Crippen LogP contribution in [0.2, 0.25) is 0 Å². The maximum atomic E-state index is 13.8. The second kappa shape index (κ2) is 7.27. The SMILES string of the molecule is O=C(Oc1ccc(Oc2ccc(Br)cc2F)cc1)c1ccccc1. The summed E-state index contributed by atoms with van der Waals surface area (Å²) in [6.45, 7) is 0. The topological polar surface area (TPSA) is 35.5 Å². The molecular formula is C19H12BrFO3. The number of halogens is 2. The van der Waals surface area contributed by atoms with Crippen LogP contribution in [-0.2, 0) is 0 Å². The molecule has 0 saturated carbocycles. The van der Waals surface area contributed by atoms with Crippen molar-refractivity contribution in [1.29, 1.82) is 0 Å². The van der Waals surface area contributed by atoms with Gasteiger partial charge in [0.15, 0.2) is 11.6 Å². The molecule has 0 radical (unpaired) electrons. The lowest BCUT2D eigenvalue weighted by molar-refractivity contribution is 0.0734. The van der Waals surface area contributed by atoms with Crippen LogP contribution in [0.1, 0.15) is 10.4 Å². The Balaban J connectivity index is 1.68. The van der Waals surface area contributed by atoms with Gasteiger partial charge in [-0.05, 0) is 54.6 Å². The van der Waals surface area contributed by atoms with E-state index in [4.69, 9.17) is 9.47 Å². The molecule has 120 valence electrons. The van der Waals surface area contributed by atoms with E-state index in [9.17, 15) is 9.18 Å². The Kier molecular flexibility index (Phi) is 4.91. The van der Waals surface area contributed by atoms with E-state index in [0.717, 1.165) is 0 Å². The number of rotatable bonds is 4. The fourth-order valence-corrected chi connectivity index (χ4v) is 2.33. The molecule has 0 aliphatic carbocycles. The summed E-state index contributed by atoms with van der Waals surface area (Å²) < 4.78 is 25.1. The van der Waals surface area contributed by atoms with Gasteiger partial charge < -0.3 is 9.47 Å². The maximum Gasteiger partial charge on any atom is 0.343 e. The largest absolute Gasteiger partial charge is 0.454 e. The number of ether oxygens (including phenoxy) is 2. The molecule has 0 aliphatic heterocycles. The van der Waals surface area contributed by atoms with Crippen LogP contribution in [0.5, 0.6) is 17.2 Å². The van der Waals surface area contributed by atoms with Crippen molar-refractivity contribution in [2.24, 2.45) is 0 Å². The van der Waals surface area contributed by atoms with Crippen molar-refractivity contribution in [2.75, 3.05) is 0 Å². The number of carbonyl (C=O) groups is 1. The third-order valence-electron chi connectivity index (χ3n) is 3.17. The van der Waals surface area contributed by atoms with E-state index in [2.05, 4.69) is 15.9 Å². The highest BCUT2D eigenvalue weighted by atomic mass is 79.9. The highest BCUT2D eigenvalue weighted by Crippen LogP contribution is 2.28. The van der Waals surface area contributed by atoms with Crippen LogP contribution in [0.4, 0.5) is 4.39 Å². The minimum absolute atomic E-state index is 0.118. The summed E-state index contributed by atoms with van der Waals surface area (Å²) in [5.41, 5.74) is 0.467. The summed E-state index contributed by atoms with van der Waals surface area (Å²) in [6, 6.07) is 19.6. The Morgan fingerprint density at radius 3 is 2.21 bits per heavy atom. The zero-order valence-electron chi connectivity index (χ0n) is 12.4. The highest BCUT2D eigenvalue weighted by molar-refractivity contribution is 9.10. The second-order valence-corrected chi connectivity index (χ2v) is 5.82. The average molecular weight is 387 g/mol. The summed E-state index contributed by atoms with van der Waals surface area (Å²) in [5, 5.41) is 0. The molecule has 24 heavy (non-hydrogen) atoms. The lowest BCUT2D eigenvalue weighted by Gasteiger charge is -2.08. The Morgan fingerprint density at radius 2 is 1.54 bits per heavy atom. The van der Waals surface area contributed by atoms with Gasteiger partial charge in [-0.25, -0.2) is 9.18 Å². The van der Waals surface area contributed by atoms with Crippen LogP contribution in [0.25, 0.3) is 0 Å². The first kappa shape index (κ1) is 16.2. The molecule has 0 spiro atoms. The average Bonchev–Trinajstić information content (AvgIpc) is 2.60. The predicted molar refractivity (Wildman–Crippen MR) is 92.0 cm³/mol. The molecule has 0 aliphatic rings. The van der Waals surface area contributed by atoms with Crippen LogP contribution in [0.15, 0.2) is 77.3 Å². The molecule has 3 aromatic carbocycles. The number of carbonyl (C=O) groups excluding carboxylic acids is 1. The van der Waals surface area contributed by atoms with Gasteiger partial charge in [0, 0.05) is 4.47 Å². The van der Waals surface area contributed by atoms with Gasteiger partial charge in [0.25, 0.3) is 0 Å². The minimum atomic E-state index is -0.469. The van der Waals surface area contributed by atoms with Crippen molar-refractivity contribution in [3.05, 3.63) is 88.6 Å². The van der Waals surface area contributed by atoms with E-state index in [1.54, 1.807) is 54.6 Å². The summed E-state index contributed by atoms with van der Waals surface area (Å²) >= 11 is 3.19. The van der Waals surface area contributed by atoms with Crippen molar-refractivity contribution in [2.45, 2.75) is 0 Å². The maximum absolute atomic E-state index is 13.8. The second-order valence-electron chi connectivity index (χ2n) is 4.90. The molecule has 0 saturated heterocycles. The summed E-state index contributed by atoms with van der Waals surface area (Å²) in [4.78, 5) is 12.0. The molecule has 0 N–H and O–H groups in total. The molecule has 3 aromatic rings. The van der Waals surface area contributed by atoms with E-state index in [1.165, 1.54) is 12.1 Å². The third-order valence-corrected chi connectivity index (χ3v) is 3.66. The molecule has 0 atom stereocenters. The van der Waals surface area contributed by atoms with Crippen LogP contribution >= 0.6 is 15.9 Å². The first-order valence-electron chi connectivity index (χ1n) is 7.12. The van der Waals surface area contributed by atoms with Gasteiger partial charge in [0.2, 0.25) is 0 Å². The standard InChI is InChI=1S/C19H12BrFO3/c20-14-6-11-18(17(21)12-14)23-15-7-9-16(10-8-15)24-19(22)13-4-2-1-3-5-13/h1-12H. The normalized spacial score (nSPS) is 10.2. The van der Waals surface area contributed by atoms with Crippen molar-refractivity contribution in [3.63, 3.8) is 0 Å². The fraction of sp³-hybridized carbons (Fsp3) is 0. The van der Waals surface area contributed by atoms with E-state index in [1.807, 2.05) is 6.07 Å². The molecule has 3 nitrogen and oxygen atoms in total. The Hall–Kier alpha value is -2.66. The lowest BCUT2D eigenvalue weighted by atomic mass is 10.2. The Labute approximate surface area is 146 Å². The van der Waals surface area contributed by atoms with Gasteiger partial charge in [0.05, 0.1) is 5.56 Å². The van der Waals surface area contributed by atoms with Crippen LogP contribution < -0.4 is 9.47 Å². The number of esters is 1. The molecule has 0 unspecified atom stereocenters. The first-order chi connectivity index (χ1) is 11.6. The quantitative estimate of drug-likeness (QED) is 0.432. The van der Waals surface area contributed by atoms with Gasteiger partial charge in [0.1, 0.15) is 11.5 Å². The summed E-state index contributed by atoms with van der Waals surface area (Å²) in [7, 11) is 0. The molecule has 0 heterocycles. The van der Waals surface area contributed by atoms with Crippen molar-refractivity contribution >= 4 is 21.9 Å². The van der Waals surface area contributed by atoms with E-state index < -0.39 is 11.8 Å². The lowest BCUT2D eigenvalue weighted by Crippen LogP contribution is -2.07. The van der Waals surface area contributed by atoms with E-state index in [0.29, 0.717) is 21.5 Å². The molecular weight excluding hydrogens is 375 g/mol. The molecule has 0 aromatic heterocycles. The molecule has 3 rings (SSSR count). The molecule has 0 amide bonds. The van der Waals surface area contributed by atoms with E-state index in [-0.39, 0.29) is 5.75 Å². The monoisotopic (exact) mass is 386 g/mol. The van der Waals surface area contributed by atoms with Crippen LogP contribution in [-0.4, -0.2) is 5.97 Å².